The largest absolute Gasteiger partial charge is 0.493 e. The van der Waals surface area contributed by atoms with Crippen LogP contribution in [0.15, 0.2) is 78.3 Å². The van der Waals surface area contributed by atoms with Crippen LogP contribution in [0.3, 0.4) is 0 Å². The van der Waals surface area contributed by atoms with Gasteiger partial charge in [-0.1, -0.05) is 47.5 Å². The molecule has 10 heteroatoms. The van der Waals surface area contributed by atoms with E-state index in [0.717, 1.165) is 16.7 Å². The van der Waals surface area contributed by atoms with Crippen molar-refractivity contribution < 1.29 is 14.3 Å². The summed E-state index contributed by atoms with van der Waals surface area (Å²) in [6.07, 6.45) is 1.45. The van der Waals surface area contributed by atoms with Gasteiger partial charge in [0.05, 0.1) is 12.7 Å². The van der Waals surface area contributed by atoms with Crippen molar-refractivity contribution in [3.8, 4) is 11.5 Å². The van der Waals surface area contributed by atoms with Gasteiger partial charge in [0.2, 0.25) is 5.95 Å². The van der Waals surface area contributed by atoms with Crippen LogP contribution in [0, 0.1) is 6.92 Å². The molecule has 4 aromatic rings. The molecule has 0 saturated heterocycles. The van der Waals surface area contributed by atoms with E-state index in [9.17, 15) is 4.79 Å². The molecule has 0 spiro atoms. The maximum Gasteiger partial charge on any atom is 0.255 e. The number of hydrogen-bond acceptors (Lipinski definition) is 6. The van der Waals surface area contributed by atoms with Gasteiger partial charge < -0.3 is 20.1 Å². The lowest BCUT2D eigenvalue weighted by molar-refractivity contribution is -0.113. The number of nitrogens with one attached hydrogen (secondary N) is 2. The number of aryl methyl sites for hydroxylation is 1. The van der Waals surface area contributed by atoms with Crippen LogP contribution in [0.5, 0.6) is 11.5 Å². The Morgan fingerprint density at radius 3 is 2.68 bits per heavy atom. The molecule has 0 saturated carbocycles. The molecule has 194 valence electrons. The first-order chi connectivity index (χ1) is 18.3. The highest BCUT2D eigenvalue weighted by atomic mass is 35.5. The standard InChI is InChI=1S/C28H25Cl2N5O3/c1-16-5-4-6-21(11-16)34-27(36)25-17(2)33-28-31-15-32-35(28)26(25)18-8-10-23(24(12-18)37-3)38-14-19-7-9-20(29)13-22(19)30/h4-13,15,26H,14H2,1-3H3,(H,34,36)(H,31,32,33). The minimum atomic E-state index is -0.549. The highest BCUT2D eigenvalue weighted by molar-refractivity contribution is 6.35. The summed E-state index contributed by atoms with van der Waals surface area (Å²) in [5.74, 6) is 1.32. The zero-order valence-corrected chi connectivity index (χ0v) is 22.5. The molecular formula is C28H25Cl2N5O3. The topological polar surface area (TPSA) is 90.3 Å². The van der Waals surface area contributed by atoms with Crippen LogP contribution in [-0.2, 0) is 11.4 Å². The lowest BCUT2D eigenvalue weighted by atomic mass is 9.94. The van der Waals surface area contributed by atoms with Crippen molar-refractivity contribution in [1.82, 2.24) is 14.8 Å². The Morgan fingerprint density at radius 1 is 1.08 bits per heavy atom. The van der Waals surface area contributed by atoms with Crippen LogP contribution >= 0.6 is 23.2 Å². The normalized spacial score (nSPS) is 14.5. The molecule has 5 rings (SSSR count). The minimum Gasteiger partial charge on any atom is -0.493 e. The van der Waals surface area contributed by atoms with Crippen LogP contribution in [-0.4, -0.2) is 27.8 Å². The smallest absolute Gasteiger partial charge is 0.255 e. The lowest BCUT2D eigenvalue weighted by Gasteiger charge is -2.29. The number of nitrogens with zero attached hydrogens (tertiary/aromatic N) is 3. The first-order valence-corrected chi connectivity index (χ1v) is 12.6. The highest BCUT2D eigenvalue weighted by Crippen LogP contribution is 2.39. The molecule has 38 heavy (non-hydrogen) atoms. The zero-order chi connectivity index (χ0) is 26.8. The number of halogens is 2. The fourth-order valence-corrected chi connectivity index (χ4v) is 4.85. The SMILES string of the molecule is COc1cc(C2C(C(=O)Nc3cccc(C)c3)=C(C)Nc3ncnn32)ccc1OCc1ccc(Cl)cc1Cl. The number of benzene rings is 3. The predicted molar refractivity (Wildman–Crippen MR) is 148 cm³/mol. The van der Waals surface area contributed by atoms with Crippen LogP contribution in [0.25, 0.3) is 0 Å². The molecule has 8 nitrogen and oxygen atoms in total. The van der Waals surface area contributed by atoms with E-state index in [1.165, 1.54) is 6.33 Å². The third kappa shape index (κ3) is 5.18. The van der Waals surface area contributed by atoms with Crippen molar-refractivity contribution in [2.75, 3.05) is 17.7 Å². The Hall–Kier alpha value is -4.01. The van der Waals surface area contributed by atoms with Gasteiger partial charge in [0.15, 0.2) is 11.5 Å². The zero-order valence-electron chi connectivity index (χ0n) is 21.0. The number of hydrogen-bond donors (Lipinski definition) is 2. The van der Waals surface area contributed by atoms with Gasteiger partial charge >= 0.3 is 0 Å². The molecule has 1 amide bonds. The van der Waals surface area contributed by atoms with E-state index in [2.05, 4.69) is 20.7 Å². The molecule has 3 aromatic carbocycles. The minimum absolute atomic E-state index is 0.232. The third-order valence-electron chi connectivity index (χ3n) is 6.22. The molecule has 1 atom stereocenters. The molecular weight excluding hydrogens is 525 g/mol. The van der Waals surface area contributed by atoms with Gasteiger partial charge in [-0.2, -0.15) is 10.1 Å². The number of aromatic nitrogens is 3. The summed E-state index contributed by atoms with van der Waals surface area (Å²) >= 11 is 12.3. The van der Waals surface area contributed by atoms with E-state index in [-0.39, 0.29) is 12.5 Å². The lowest BCUT2D eigenvalue weighted by Crippen LogP contribution is -2.31. The van der Waals surface area contributed by atoms with Crippen molar-refractivity contribution in [1.29, 1.82) is 0 Å². The summed E-state index contributed by atoms with van der Waals surface area (Å²) in [4.78, 5) is 17.9. The van der Waals surface area contributed by atoms with Gasteiger partial charge in [-0.05, 0) is 61.4 Å². The van der Waals surface area contributed by atoms with E-state index in [0.29, 0.717) is 44.5 Å². The molecule has 1 unspecified atom stereocenters. The summed E-state index contributed by atoms with van der Waals surface area (Å²) in [5, 5.41) is 11.7. The van der Waals surface area contributed by atoms with Crippen molar-refractivity contribution in [3.63, 3.8) is 0 Å². The number of fused-ring (bicyclic) bond motifs is 1. The van der Waals surface area contributed by atoms with Crippen LogP contribution in [0.1, 0.15) is 29.7 Å². The maximum atomic E-state index is 13.6. The number of methoxy groups -OCH3 is 1. The summed E-state index contributed by atoms with van der Waals surface area (Å²) in [7, 11) is 1.57. The van der Waals surface area contributed by atoms with Crippen LogP contribution in [0.4, 0.5) is 11.6 Å². The van der Waals surface area contributed by atoms with Crippen molar-refractivity contribution >= 4 is 40.7 Å². The second-order valence-corrected chi connectivity index (χ2v) is 9.70. The first-order valence-electron chi connectivity index (χ1n) is 11.8. The van der Waals surface area contributed by atoms with Crippen LogP contribution in [0.2, 0.25) is 10.0 Å². The van der Waals surface area contributed by atoms with Gasteiger partial charge in [-0.15, -0.1) is 0 Å². The number of ether oxygens (including phenoxy) is 2. The van der Waals surface area contributed by atoms with Gasteiger partial charge in [-0.3, -0.25) is 4.79 Å². The second-order valence-electron chi connectivity index (χ2n) is 8.85. The summed E-state index contributed by atoms with van der Waals surface area (Å²) < 4.78 is 13.4. The molecule has 0 aliphatic carbocycles. The monoisotopic (exact) mass is 549 g/mol. The number of anilines is 2. The Morgan fingerprint density at radius 2 is 1.92 bits per heavy atom. The van der Waals surface area contributed by atoms with Gasteiger partial charge in [0.25, 0.3) is 5.91 Å². The molecule has 2 N–H and O–H groups in total. The predicted octanol–water partition coefficient (Wildman–Crippen LogP) is 6.41. The van der Waals surface area contributed by atoms with E-state index in [4.69, 9.17) is 32.7 Å². The van der Waals surface area contributed by atoms with Crippen molar-refractivity contribution in [2.24, 2.45) is 0 Å². The third-order valence-corrected chi connectivity index (χ3v) is 6.80. The molecule has 0 radical (unpaired) electrons. The Balaban J connectivity index is 1.47. The van der Waals surface area contributed by atoms with Crippen LogP contribution < -0.4 is 20.1 Å². The van der Waals surface area contributed by atoms with E-state index in [1.807, 2.05) is 62.4 Å². The van der Waals surface area contributed by atoms with Gasteiger partial charge in [-0.25, -0.2) is 4.68 Å². The number of carbonyl (C=O) groups is 1. The molecule has 0 bridgehead atoms. The maximum absolute atomic E-state index is 13.6. The van der Waals surface area contributed by atoms with Gasteiger partial charge in [0, 0.05) is 27.0 Å². The average molecular weight is 550 g/mol. The summed E-state index contributed by atoms with van der Waals surface area (Å²) in [6, 6.07) is 17.9. The Kier molecular flexibility index (Phi) is 7.26. The summed E-state index contributed by atoms with van der Waals surface area (Å²) in [6.45, 7) is 4.06. The number of rotatable bonds is 7. The first kappa shape index (κ1) is 25.6. The number of carbonyl (C=O) groups excluding carboxylic acids is 1. The fraction of sp³-hybridized carbons (Fsp3) is 0.179. The number of allylic oxidation sites excluding steroid dienone is 1. The summed E-state index contributed by atoms with van der Waals surface area (Å²) in [5.41, 5.74) is 4.51. The average Bonchev–Trinajstić information content (AvgIpc) is 3.35. The van der Waals surface area contributed by atoms with Crippen molar-refractivity contribution in [3.05, 3.63) is 105 Å². The molecule has 1 aromatic heterocycles. The number of amides is 1. The van der Waals surface area contributed by atoms with Gasteiger partial charge in [0.1, 0.15) is 19.0 Å². The molecule has 1 aliphatic rings. The van der Waals surface area contributed by atoms with E-state index < -0.39 is 6.04 Å². The molecule has 0 fully saturated rings. The van der Waals surface area contributed by atoms with E-state index in [1.54, 1.807) is 23.9 Å². The molecule has 1 aliphatic heterocycles. The van der Waals surface area contributed by atoms with E-state index >= 15 is 0 Å². The fourth-order valence-electron chi connectivity index (χ4n) is 4.38. The Bertz CT molecular complexity index is 1550. The molecule has 2 heterocycles. The Labute approximate surface area is 230 Å². The second kappa shape index (κ2) is 10.8. The highest BCUT2D eigenvalue weighted by Gasteiger charge is 2.34. The van der Waals surface area contributed by atoms with Crippen molar-refractivity contribution in [2.45, 2.75) is 26.5 Å². The quantitative estimate of drug-likeness (QED) is 0.277.